The Morgan fingerprint density at radius 1 is 1.24 bits per heavy atom. The van der Waals surface area contributed by atoms with Crippen molar-refractivity contribution >= 4 is 5.91 Å². The fourth-order valence-corrected chi connectivity index (χ4v) is 4.16. The predicted molar refractivity (Wildman–Crippen MR) is 115 cm³/mol. The van der Waals surface area contributed by atoms with E-state index in [0.29, 0.717) is 18.2 Å². The van der Waals surface area contributed by atoms with Crippen LogP contribution in [0.15, 0.2) is 41.2 Å². The second kappa shape index (κ2) is 9.83. The van der Waals surface area contributed by atoms with Crippen molar-refractivity contribution in [1.29, 1.82) is 0 Å². The average Bonchev–Trinajstić information content (AvgIpc) is 2.68. The summed E-state index contributed by atoms with van der Waals surface area (Å²) >= 11 is 0. The summed E-state index contributed by atoms with van der Waals surface area (Å²) in [5, 5.41) is 0. The number of carbonyl (C=O) groups excluding carboxylic acids is 1. The van der Waals surface area contributed by atoms with Crippen LogP contribution in [-0.4, -0.2) is 58.5 Å². The van der Waals surface area contributed by atoms with Crippen LogP contribution in [0.2, 0.25) is 0 Å². The first-order chi connectivity index (χ1) is 13.9. The monoisotopic (exact) mass is 396 g/mol. The number of benzene rings is 1. The van der Waals surface area contributed by atoms with Crippen LogP contribution >= 0.6 is 0 Å². The van der Waals surface area contributed by atoms with Gasteiger partial charge in [-0.25, -0.2) is 4.79 Å². The molecule has 3 rings (SSSR count). The van der Waals surface area contributed by atoms with Crippen LogP contribution in [0.4, 0.5) is 0 Å². The van der Waals surface area contributed by atoms with E-state index in [4.69, 9.17) is 0 Å². The third kappa shape index (κ3) is 6.00. The Hall–Kier alpha value is -2.47. The smallest absolute Gasteiger partial charge is 0.340 e. The lowest BCUT2D eigenvalue weighted by atomic mass is 9.97. The topological polar surface area (TPSA) is 58.4 Å². The molecule has 0 bridgehead atoms. The third-order valence-corrected chi connectivity index (χ3v) is 5.71. The molecule has 1 aliphatic rings. The van der Waals surface area contributed by atoms with Gasteiger partial charge in [0.05, 0.1) is 0 Å². The number of likely N-dealkylation sites (tertiary alicyclic amines) is 1. The Morgan fingerprint density at radius 2 is 2.00 bits per heavy atom. The minimum Gasteiger partial charge on any atom is -0.340 e. The number of aromatic nitrogens is 2. The van der Waals surface area contributed by atoms with Crippen molar-refractivity contribution in [2.24, 2.45) is 5.92 Å². The van der Waals surface area contributed by atoms with Gasteiger partial charge in [0.1, 0.15) is 6.54 Å². The van der Waals surface area contributed by atoms with Gasteiger partial charge < -0.3 is 9.80 Å². The lowest BCUT2D eigenvalue weighted by Crippen LogP contribution is -2.44. The lowest BCUT2D eigenvalue weighted by molar-refractivity contribution is -0.132. The van der Waals surface area contributed by atoms with Crippen LogP contribution < -0.4 is 5.69 Å². The summed E-state index contributed by atoms with van der Waals surface area (Å²) in [5.74, 6) is 0.465. The summed E-state index contributed by atoms with van der Waals surface area (Å²) in [6, 6.07) is 12.1. The van der Waals surface area contributed by atoms with Gasteiger partial charge >= 0.3 is 5.69 Å². The van der Waals surface area contributed by atoms with E-state index in [2.05, 4.69) is 29.1 Å². The summed E-state index contributed by atoms with van der Waals surface area (Å²) in [7, 11) is 2.14. The van der Waals surface area contributed by atoms with E-state index in [1.165, 1.54) is 16.6 Å². The summed E-state index contributed by atoms with van der Waals surface area (Å²) in [6.07, 6.45) is 3.13. The molecule has 2 heterocycles. The molecule has 1 aromatic carbocycles. The molecule has 2 aromatic rings. The minimum atomic E-state index is -0.351. The highest BCUT2D eigenvalue weighted by Crippen LogP contribution is 2.17. The van der Waals surface area contributed by atoms with E-state index in [0.717, 1.165) is 38.2 Å². The van der Waals surface area contributed by atoms with Gasteiger partial charge in [0.2, 0.25) is 5.91 Å². The van der Waals surface area contributed by atoms with Crippen molar-refractivity contribution in [3.8, 4) is 0 Å². The Labute approximate surface area is 173 Å². The van der Waals surface area contributed by atoms with E-state index in [1.54, 1.807) is 6.92 Å². The molecule has 6 heteroatoms. The Kier molecular flexibility index (Phi) is 7.20. The van der Waals surface area contributed by atoms with Crippen LogP contribution in [0.3, 0.4) is 0 Å². The van der Waals surface area contributed by atoms with Crippen molar-refractivity contribution in [3.63, 3.8) is 0 Å². The molecule has 0 saturated carbocycles. The molecule has 1 atom stereocenters. The van der Waals surface area contributed by atoms with E-state index in [-0.39, 0.29) is 18.1 Å². The largest absolute Gasteiger partial charge is 0.348 e. The molecular weight excluding hydrogens is 364 g/mol. The Balaban J connectivity index is 1.73. The van der Waals surface area contributed by atoms with Gasteiger partial charge in [0.25, 0.3) is 0 Å². The van der Waals surface area contributed by atoms with Gasteiger partial charge in [0.15, 0.2) is 0 Å². The third-order valence-electron chi connectivity index (χ3n) is 5.71. The van der Waals surface area contributed by atoms with Gasteiger partial charge in [-0.3, -0.25) is 9.36 Å². The van der Waals surface area contributed by atoms with E-state index >= 15 is 0 Å². The molecule has 1 unspecified atom stereocenters. The van der Waals surface area contributed by atoms with Crippen LogP contribution in [0.25, 0.3) is 0 Å². The molecule has 29 heavy (non-hydrogen) atoms. The standard InChI is InChI=1S/C23H32N4O2/c1-18-14-19(2)27(23(29)24-18)17-22(28)26(13-11-20-8-5-4-6-9-20)16-21-10-7-12-25(3)15-21/h4-6,8-9,14,21H,7,10-13,15-17H2,1-3H3. The number of hydrogen-bond acceptors (Lipinski definition) is 4. The molecule has 1 aromatic heterocycles. The number of amides is 1. The summed E-state index contributed by atoms with van der Waals surface area (Å²) in [6.45, 7) is 7.24. The van der Waals surface area contributed by atoms with Crippen LogP contribution in [0.1, 0.15) is 29.8 Å². The van der Waals surface area contributed by atoms with Crippen molar-refractivity contribution in [1.82, 2.24) is 19.4 Å². The number of rotatable bonds is 7. The number of aryl methyl sites for hydroxylation is 2. The summed E-state index contributed by atoms with van der Waals surface area (Å²) in [5.41, 5.74) is 2.33. The molecule has 156 valence electrons. The number of nitrogens with zero attached hydrogens (tertiary/aromatic N) is 4. The zero-order valence-corrected chi connectivity index (χ0v) is 17.8. The second-order valence-corrected chi connectivity index (χ2v) is 8.25. The molecule has 0 aliphatic carbocycles. The number of carbonyl (C=O) groups is 1. The molecular formula is C23H32N4O2. The first-order valence-corrected chi connectivity index (χ1v) is 10.5. The molecule has 0 spiro atoms. The van der Waals surface area contributed by atoms with Crippen molar-refractivity contribution in [3.05, 3.63) is 63.8 Å². The van der Waals surface area contributed by atoms with E-state index in [1.807, 2.05) is 36.1 Å². The maximum Gasteiger partial charge on any atom is 0.348 e. The summed E-state index contributed by atoms with van der Waals surface area (Å²) < 4.78 is 1.48. The SMILES string of the molecule is Cc1cc(C)n(CC(=O)N(CCc2ccccc2)CC2CCCN(C)C2)c(=O)n1. The van der Waals surface area contributed by atoms with Crippen molar-refractivity contribution in [2.45, 2.75) is 39.7 Å². The number of hydrogen-bond donors (Lipinski definition) is 0. The highest BCUT2D eigenvalue weighted by atomic mass is 16.2. The summed E-state index contributed by atoms with van der Waals surface area (Å²) in [4.78, 5) is 33.8. The molecule has 6 nitrogen and oxygen atoms in total. The zero-order valence-electron chi connectivity index (χ0n) is 17.8. The normalized spacial score (nSPS) is 17.3. The Bertz CT molecular complexity index is 878. The van der Waals surface area contributed by atoms with Gasteiger partial charge in [-0.05, 0) is 64.3 Å². The van der Waals surface area contributed by atoms with Crippen molar-refractivity contribution in [2.75, 3.05) is 33.2 Å². The van der Waals surface area contributed by atoms with Gasteiger partial charge in [-0.2, -0.15) is 4.98 Å². The fraction of sp³-hybridized carbons (Fsp3) is 0.522. The van der Waals surface area contributed by atoms with E-state index < -0.39 is 0 Å². The van der Waals surface area contributed by atoms with Gasteiger partial charge in [0, 0.05) is 31.0 Å². The maximum absolute atomic E-state index is 13.2. The van der Waals surface area contributed by atoms with E-state index in [9.17, 15) is 9.59 Å². The van der Waals surface area contributed by atoms with Crippen LogP contribution in [0.5, 0.6) is 0 Å². The second-order valence-electron chi connectivity index (χ2n) is 8.25. The lowest BCUT2D eigenvalue weighted by Gasteiger charge is -2.34. The molecule has 1 saturated heterocycles. The van der Waals surface area contributed by atoms with Crippen LogP contribution in [-0.2, 0) is 17.8 Å². The highest BCUT2D eigenvalue weighted by Gasteiger charge is 2.23. The molecule has 0 N–H and O–H groups in total. The molecule has 1 fully saturated rings. The first-order valence-electron chi connectivity index (χ1n) is 10.5. The first kappa shape index (κ1) is 21.2. The highest BCUT2D eigenvalue weighted by molar-refractivity contribution is 5.76. The average molecular weight is 397 g/mol. The van der Waals surface area contributed by atoms with Crippen LogP contribution in [0, 0.1) is 19.8 Å². The minimum absolute atomic E-state index is 0.00925. The van der Waals surface area contributed by atoms with Gasteiger partial charge in [-0.15, -0.1) is 0 Å². The Morgan fingerprint density at radius 3 is 2.69 bits per heavy atom. The molecule has 0 radical (unpaired) electrons. The zero-order chi connectivity index (χ0) is 20.8. The van der Waals surface area contributed by atoms with Gasteiger partial charge in [-0.1, -0.05) is 30.3 Å². The number of piperidine rings is 1. The van der Waals surface area contributed by atoms with Crippen molar-refractivity contribution < 1.29 is 4.79 Å². The quantitative estimate of drug-likeness (QED) is 0.720. The predicted octanol–water partition coefficient (Wildman–Crippen LogP) is 2.27. The molecule has 1 amide bonds. The fourth-order valence-electron chi connectivity index (χ4n) is 4.16. The molecule has 1 aliphatic heterocycles. The maximum atomic E-state index is 13.2.